The zero-order chi connectivity index (χ0) is 11.5. The number of rotatable bonds is 3. The van der Waals surface area contributed by atoms with E-state index in [0.717, 1.165) is 25.2 Å². The highest BCUT2D eigenvalue weighted by molar-refractivity contribution is 6.31. The molecule has 0 aliphatic carbocycles. The first kappa shape index (κ1) is 11.2. The highest BCUT2D eigenvalue weighted by Gasteiger charge is 2.15. The summed E-state index contributed by atoms with van der Waals surface area (Å²) in [5.74, 6) is 0. The minimum absolute atomic E-state index is 0.577. The fraction of sp³-hybridized carbons (Fsp3) is 0.364. The molecule has 0 atom stereocenters. The Bertz CT molecular complexity index is 404. The van der Waals surface area contributed by atoms with E-state index < -0.39 is 6.03 Å². The molecule has 5 heteroatoms. The highest BCUT2D eigenvalue weighted by atomic mass is 35.5. The summed E-state index contributed by atoms with van der Waals surface area (Å²) in [4.78, 5) is 13.0. The second kappa shape index (κ2) is 4.72. The molecule has 1 aliphatic heterocycles. The van der Waals surface area contributed by atoms with Crippen LogP contribution in [0.1, 0.15) is 12.0 Å². The number of urea groups is 1. The molecule has 4 nitrogen and oxygen atoms in total. The van der Waals surface area contributed by atoms with Gasteiger partial charge in [0.25, 0.3) is 0 Å². The van der Waals surface area contributed by atoms with E-state index in [0.29, 0.717) is 10.7 Å². The molecule has 1 saturated heterocycles. The first-order valence-electron chi connectivity index (χ1n) is 5.22. The Morgan fingerprint density at radius 1 is 1.50 bits per heavy atom. The van der Waals surface area contributed by atoms with Gasteiger partial charge in [-0.3, -0.25) is 4.90 Å². The van der Waals surface area contributed by atoms with Crippen molar-refractivity contribution in [2.24, 2.45) is 5.73 Å². The van der Waals surface area contributed by atoms with Gasteiger partial charge < -0.3 is 11.1 Å². The molecule has 0 radical (unpaired) electrons. The Morgan fingerprint density at radius 3 is 2.75 bits per heavy atom. The van der Waals surface area contributed by atoms with Crippen molar-refractivity contribution in [3.8, 4) is 0 Å². The predicted octanol–water partition coefficient (Wildman–Crippen LogP) is 2.04. The lowest BCUT2D eigenvalue weighted by Gasteiger charge is -2.31. The van der Waals surface area contributed by atoms with Gasteiger partial charge in [-0.2, -0.15) is 0 Å². The molecule has 1 aromatic carbocycles. The predicted molar refractivity (Wildman–Crippen MR) is 64.6 cm³/mol. The summed E-state index contributed by atoms with van der Waals surface area (Å²) >= 11 is 6.12. The molecule has 0 saturated carbocycles. The van der Waals surface area contributed by atoms with Crippen LogP contribution >= 0.6 is 11.6 Å². The Morgan fingerprint density at radius 2 is 2.25 bits per heavy atom. The molecule has 1 aromatic rings. The molecule has 3 N–H and O–H groups in total. The normalized spacial score (nSPS) is 15.6. The molecule has 86 valence electrons. The van der Waals surface area contributed by atoms with Crippen molar-refractivity contribution < 1.29 is 4.79 Å². The van der Waals surface area contributed by atoms with E-state index in [1.807, 2.05) is 12.1 Å². The summed E-state index contributed by atoms with van der Waals surface area (Å²) in [6.45, 7) is 3.14. The van der Waals surface area contributed by atoms with Gasteiger partial charge in [-0.25, -0.2) is 4.79 Å². The maximum absolute atomic E-state index is 10.7. The molecular formula is C11H14ClN3O. The number of carbonyl (C=O) groups is 1. The number of nitrogens with two attached hydrogens (primary N) is 1. The van der Waals surface area contributed by atoms with Crippen molar-refractivity contribution in [1.29, 1.82) is 0 Å². The van der Waals surface area contributed by atoms with Gasteiger partial charge in [0, 0.05) is 17.3 Å². The fourth-order valence-electron chi connectivity index (χ4n) is 1.68. The molecule has 0 unspecified atom stereocenters. The van der Waals surface area contributed by atoms with Gasteiger partial charge in [-0.05, 0) is 37.2 Å². The first-order valence-corrected chi connectivity index (χ1v) is 5.60. The van der Waals surface area contributed by atoms with Crippen molar-refractivity contribution in [2.75, 3.05) is 18.4 Å². The summed E-state index contributed by atoms with van der Waals surface area (Å²) in [6, 6.07) is 4.88. The number of amides is 2. The second-order valence-electron chi connectivity index (χ2n) is 3.93. The summed E-state index contributed by atoms with van der Waals surface area (Å²) in [7, 11) is 0. The number of nitrogens with one attached hydrogen (secondary N) is 1. The van der Waals surface area contributed by atoms with E-state index >= 15 is 0 Å². The van der Waals surface area contributed by atoms with Crippen LogP contribution < -0.4 is 11.1 Å². The number of carbonyl (C=O) groups excluding carboxylic acids is 1. The maximum atomic E-state index is 10.7. The third-order valence-corrected chi connectivity index (χ3v) is 3.02. The van der Waals surface area contributed by atoms with Crippen LogP contribution in [0, 0.1) is 0 Å². The van der Waals surface area contributed by atoms with Gasteiger partial charge >= 0.3 is 6.03 Å². The minimum Gasteiger partial charge on any atom is -0.351 e. The Kier molecular flexibility index (Phi) is 3.31. The van der Waals surface area contributed by atoms with Crippen LogP contribution in [-0.2, 0) is 6.54 Å². The van der Waals surface area contributed by atoms with Gasteiger partial charge in [0.1, 0.15) is 0 Å². The molecule has 0 bridgehead atoms. The lowest BCUT2D eigenvalue weighted by molar-refractivity contribution is 0.172. The van der Waals surface area contributed by atoms with E-state index in [1.54, 1.807) is 6.07 Å². The molecule has 2 rings (SSSR count). The monoisotopic (exact) mass is 239 g/mol. The van der Waals surface area contributed by atoms with Crippen LogP contribution in [0.3, 0.4) is 0 Å². The van der Waals surface area contributed by atoms with Gasteiger partial charge in [-0.1, -0.05) is 17.7 Å². The quantitative estimate of drug-likeness (QED) is 0.848. The van der Waals surface area contributed by atoms with Crippen LogP contribution in [0.25, 0.3) is 0 Å². The Hall–Kier alpha value is -1.26. The van der Waals surface area contributed by atoms with Crippen LogP contribution in [0.2, 0.25) is 5.02 Å². The molecule has 16 heavy (non-hydrogen) atoms. The Balaban J connectivity index is 2.06. The summed E-state index contributed by atoms with van der Waals surface area (Å²) in [5, 5.41) is 3.16. The third-order valence-electron chi connectivity index (χ3n) is 2.66. The molecule has 1 aliphatic rings. The van der Waals surface area contributed by atoms with Crippen LogP contribution in [0.15, 0.2) is 18.2 Å². The number of nitrogens with zero attached hydrogens (tertiary/aromatic N) is 1. The van der Waals surface area contributed by atoms with E-state index in [9.17, 15) is 4.79 Å². The van der Waals surface area contributed by atoms with E-state index in [4.69, 9.17) is 17.3 Å². The molecule has 1 fully saturated rings. The average molecular weight is 240 g/mol. The summed E-state index contributed by atoms with van der Waals surface area (Å²) in [6.07, 6.45) is 1.26. The lowest BCUT2D eigenvalue weighted by Crippen LogP contribution is -2.36. The number of anilines is 1. The number of likely N-dealkylation sites (tertiary alicyclic amines) is 1. The van der Waals surface area contributed by atoms with Gasteiger partial charge in [0.05, 0.1) is 0 Å². The average Bonchev–Trinajstić information content (AvgIpc) is 2.12. The maximum Gasteiger partial charge on any atom is 0.316 e. The topological polar surface area (TPSA) is 58.4 Å². The standard InChI is InChI=1S/C11H14ClN3O/c12-10-6-9(14-11(13)16)3-2-8(10)7-15-4-1-5-15/h2-3,6H,1,4-5,7H2,(H3,13,14,16). The molecule has 2 amide bonds. The van der Waals surface area contributed by atoms with Crippen molar-refractivity contribution >= 4 is 23.3 Å². The SMILES string of the molecule is NC(=O)Nc1ccc(CN2CCC2)c(Cl)c1. The van der Waals surface area contributed by atoms with E-state index in [1.165, 1.54) is 6.42 Å². The molecular weight excluding hydrogens is 226 g/mol. The van der Waals surface area contributed by atoms with Crippen molar-refractivity contribution in [2.45, 2.75) is 13.0 Å². The van der Waals surface area contributed by atoms with Crippen molar-refractivity contribution in [3.05, 3.63) is 28.8 Å². The smallest absolute Gasteiger partial charge is 0.316 e. The zero-order valence-electron chi connectivity index (χ0n) is 8.87. The number of hydrogen-bond donors (Lipinski definition) is 2. The first-order chi connectivity index (χ1) is 7.65. The van der Waals surface area contributed by atoms with Gasteiger partial charge in [0.15, 0.2) is 0 Å². The highest BCUT2D eigenvalue weighted by Crippen LogP contribution is 2.23. The van der Waals surface area contributed by atoms with Gasteiger partial charge in [0.2, 0.25) is 0 Å². The summed E-state index contributed by atoms with van der Waals surface area (Å²) in [5.41, 5.74) is 6.73. The van der Waals surface area contributed by atoms with Gasteiger partial charge in [-0.15, -0.1) is 0 Å². The molecule has 0 spiro atoms. The molecule has 0 aromatic heterocycles. The molecule has 1 heterocycles. The van der Waals surface area contributed by atoms with E-state index in [-0.39, 0.29) is 0 Å². The largest absolute Gasteiger partial charge is 0.351 e. The van der Waals surface area contributed by atoms with Crippen molar-refractivity contribution in [3.63, 3.8) is 0 Å². The van der Waals surface area contributed by atoms with Crippen LogP contribution in [0.4, 0.5) is 10.5 Å². The summed E-state index contributed by atoms with van der Waals surface area (Å²) < 4.78 is 0. The fourth-order valence-corrected chi connectivity index (χ4v) is 1.92. The number of benzene rings is 1. The van der Waals surface area contributed by atoms with E-state index in [2.05, 4.69) is 10.2 Å². The van der Waals surface area contributed by atoms with Crippen LogP contribution in [-0.4, -0.2) is 24.0 Å². The zero-order valence-corrected chi connectivity index (χ0v) is 9.63. The minimum atomic E-state index is -0.577. The second-order valence-corrected chi connectivity index (χ2v) is 4.33. The third kappa shape index (κ3) is 2.65. The number of hydrogen-bond acceptors (Lipinski definition) is 2. The number of halogens is 1. The Labute approximate surface area is 99.4 Å². The number of primary amides is 1. The lowest BCUT2D eigenvalue weighted by atomic mass is 10.1. The van der Waals surface area contributed by atoms with Crippen LogP contribution in [0.5, 0.6) is 0 Å². The van der Waals surface area contributed by atoms with Crippen molar-refractivity contribution in [1.82, 2.24) is 4.90 Å².